The molecule has 0 aromatic rings. The van der Waals surface area contributed by atoms with E-state index in [2.05, 4.69) is 47.3 Å². The summed E-state index contributed by atoms with van der Waals surface area (Å²) in [6.07, 6.45) is 23.4. The van der Waals surface area contributed by atoms with Crippen molar-refractivity contribution < 1.29 is 0 Å². The van der Waals surface area contributed by atoms with Gasteiger partial charge in [0.05, 0.1) is 0 Å². The Kier molecular flexibility index (Phi) is 22.4. The molecule has 2 rings (SSSR count). The van der Waals surface area contributed by atoms with Gasteiger partial charge in [0, 0.05) is 0 Å². The lowest BCUT2D eigenvalue weighted by atomic mass is 9.62. The van der Waals surface area contributed by atoms with Crippen LogP contribution in [0.5, 0.6) is 0 Å². The van der Waals surface area contributed by atoms with Crippen molar-refractivity contribution >= 4 is 0 Å². The maximum Gasteiger partial charge on any atom is -0.0134 e. The molecule has 2 aliphatic rings. The third kappa shape index (κ3) is 13.3. The zero-order valence-electron chi connectivity index (χ0n) is 24.4. The van der Waals surface area contributed by atoms with Gasteiger partial charge in [-0.3, -0.25) is 0 Å². The normalized spacial score (nSPS) is 26.1. The highest BCUT2D eigenvalue weighted by atomic mass is 14.4. The highest BCUT2D eigenvalue weighted by Crippen LogP contribution is 2.48. The summed E-state index contributed by atoms with van der Waals surface area (Å²) in [7, 11) is 0. The van der Waals surface area contributed by atoms with Crippen LogP contribution in [0.2, 0.25) is 0 Å². The van der Waals surface area contributed by atoms with Crippen LogP contribution in [0.4, 0.5) is 0 Å². The molecule has 0 bridgehead atoms. The Hall–Kier alpha value is -0.780. The molecule has 202 valence electrons. The van der Waals surface area contributed by atoms with E-state index >= 15 is 0 Å². The van der Waals surface area contributed by atoms with Gasteiger partial charge < -0.3 is 0 Å². The standard InChI is InChI=1S/C27H48.C4H8.C2H6.CH4/c1-7-9-10-12-20(3)19-27(23(6)22(5)11-8-2)25-15-13-24(14-16-25)26-17-21(4)18-26;1-3-4-2;1-2;/h11,20-21,24-27H,6-10,12-19H2,1-5H3;3-4H,1-2H3;1-2H3;1H4/b22-11+;4-3-;;/t20?,21?,24?,25?,26?,27-;;;/m1.../s1. The molecule has 2 aliphatic carbocycles. The molecule has 0 nitrogen and oxygen atoms in total. The number of unbranched alkanes of at least 4 members (excludes halogenated alkanes) is 2. The van der Waals surface area contributed by atoms with Crippen LogP contribution in [0.1, 0.15) is 147 Å². The maximum atomic E-state index is 4.62. The average Bonchev–Trinajstić information content (AvgIpc) is 2.82. The minimum atomic E-state index is 0. The highest BCUT2D eigenvalue weighted by Gasteiger charge is 2.37. The molecule has 1 unspecified atom stereocenters. The summed E-state index contributed by atoms with van der Waals surface area (Å²) < 4.78 is 0. The largest absolute Gasteiger partial charge is 0.0953 e. The molecule has 0 spiro atoms. The smallest absolute Gasteiger partial charge is 0.0134 e. The summed E-state index contributed by atoms with van der Waals surface area (Å²) in [4.78, 5) is 0. The molecule has 34 heavy (non-hydrogen) atoms. The molecule has 0 heterocycles. The first kappa shape index (κ1) is 35.4. The molecule has 0 radical (unpaired) electrons. The van der Waals surface area contributed by atoms with Crippen LogP contribution in [0, 0.1) is 35.5 Å². The Bertz CT molecular complexity index is 518. The predicted molar refractivity (Wildman–Crippen MR) is 161 cm³/mol. The van der Waals surface area contributed by atoms with Crippen LogP contribution in [0.25, 0.3) is 0 Å². The molecule has 2 saturated carbocycles. The van der Waals surface area contributed by atoms with Crippen molar-refractivity contribution in [1.29, 1.82) is 0 Å². The molecule has 2 fully saturated rings. The molecule has 2 atom stereocenters. The van der Waals surface area contributed by atoms with Crippen LogP contribution in [0.15, 0.2) is 36.0 Å². The first-order chi connectivity index (χ1) is 15.9. The molecule has 0 aliphatic heterocycles. The zero-order valence-corrected chi connectivity index (χ0v) is 24.4. The second-order valence-electron chi connectivity index (χ2n) is 10.9. The SMILES string of the molecule is C.C/C=C\C.C=C(/C(C)=C/CC)[C@@H](CC(C)CCCCC)C1CCC(C2CC(C)C2)CC1.CC. The molecular formula is C34H66. The van der Waals surface area contributed by atoms with E-state index in [4.69, 9.17) is 0 Å². The molecule has 0 aromatic heterocycles. The Labute approximate surface area is 218 Å². The fraction of sp³-hybridized carbons (Fsp3) is 0.824. The number of allylic oxidation sites excluding steroid dienone is 5. The molecule has 0 saturated heterocycles. The van der Waals surface area contributed by atoms with Crippen molar-refractivity contribution in [2.75, 3.05) is 0 Å². The second-order valence-corrected chi connectivity index (χ2v) is 10.9. The van der Waals surface area contributed by atoms with Crippen LogP contribution in [0.3, 0.4) is 0 Å². The van der Waals surface area contributed by atoms with E-state index in [0.717, 1.165) is 41.9 Å². The van der Waals surface area contributed by atoms with E-state index < -0.39 is 0 Å². The van der Waals surface area contributed by atoms with Crippen LogP contribution in [-0.4, -0.2) is 0 Å². The second kappa shape index (κ2) is 21.5. The number of hydrogen-bond donors (Lipinski definition) is 0. The van der Waals surface area contributed by atoms with Gasteiger partial charge in [-0.2, -0.15) is 0 Å². The van der Waals surface area contributed by atoms with Crippen LogP contribution < -0.4 is 0 Å². The van der Waals surface area contributed by atoms with Crippen molar-refractivity contribution in [2.45, 2.75) is 147 Å². The van der Waals surface area contributed by atoms with E-state index in [1.807, 2.05) is 39.8 Å². The number of rotatable bonds is 11. The lowest BCUT2D eigenvalue weighted by Gasteiger charge is -2.44. The van der Waals surface area contributed by atoms with E-state index in [-0.39, 0.29) is 7.43 Å². The molecule has 0 amide bonds. The highest BCUT2D eigenvalue weighted by molar-refractivity contribution is 5.29. The lowest BCUT2D eigenvalue weighted by molar-refractivity contribution is 0.0832. The molecule has 0 aromatic carbocycles. The van der Waals surface area contributed by atoms with E-state index in [1.54, 1.807) is 0 Å². The third-order valence-corrected chi connectivity index (χ3v) is 8.22. The summed E-state index contributed by atoms with van der Waals surface area (Å²) in [5.41, 5.74) is 2.94. The van der Waals surface area contributed by atoms with Crippen molar-refractivity contribution in [3.8, 4) is 0 Å². The van der Waals surface area contributed by atoms with Gasteiger partial charge in [0.15, 0.2) is 0 Å². The summed E-state index contributed by atoms with van der Waals surface area (Å²) in [5.74, 6) is 5.58. The maximum absolute atomic E-state index is 4.62. The monoisotopic (exact) mass is 475 g/mol. The number of hydrogen-bond acceptors (Lipinski definition) is 0. The van der Waals surface area contributed by atoms with Crippen molar-refractivity contribution in [3.63, 3.8) is 0 Å². The van der Waals surface area contributed by atoms with Crippen LogP contribution >= 0.6 is 0 Å². The molecule has 0 N–H and O–H groups in total. The van der Waals surface area contributed by atoms with Gasteiger partial charge in [0.1, 0.15) is 0 Å². The van der Waals surface area contributed by atoms with Gasteiger partial charge in [0.25, 0.3) is 0 Å². The Morgan fingerprint density at radius 3 is 1.94 bits per heavy atom. The summed E-state index contributed by atoms with van der Waals surface area (Å²) in [6.45, 7) is 24.4. The van der Waals surface area contributed by atoms with Crippen LogP contribution in [-0.2, 0) is 0 Å². The van der Waals surface area contributed by atoms with Gasteiger partial charge >= 0.3 is 0 Å². The quantitative estimate of drug-likeness (QED) is 0.159. The van der Waals surface area contributed by atoms with E-state index in [9.17, 15) is 0 Å². The topological polar surface area (TPSA) is 0 Å². The van der Waals surface area contributed by atoms with Crippen molar-refractivity contribution in [1.82, 2.24) is 0 Å². The first-order valence-corrected chi connectivity index (χ1v) is 14.8. The predicted octanol–water partition coefficient (Wildman–Crippen LogP) is 12.2. The Balaban J connectivity index is 0. The fourth-order valence-electron chi connectivity index (χ4n) is 6.01. The van der Waals surface area contributed by atoms with E-state index in [0.29, 0.717) is 0 Å². The zero-order chi connectivity index (χ0) is 25.2. The van der Waals surface area contributed by atoms with Gasteiger partial charge in [-0.05, 0) is 113 Å². The minimum Gasteiger partial charge on any atom is -0.0953 e. The van der Waals surface area contributed by atoms with Gasteiger partial charge in [-0.15, -0.1) is 0 Å². The average molecular weight is 475 g/mol. The minimum absolute atomic E-state index is 0. The lowest BCUT2D eigenvalue weighted by Crippen LogP contribution is -2.33. The van der Waals surface area contributed by atoms with E-state index in [1.165, 1.54) is 81.8 Å². The third-order valence-electron chi connectivity index (χ3n) is 8.22. The Morgan fingerprint density at radius 1 is 0.941 bits per heavy atom. The Morgan fingerprint density at radius 2 is 1.50 bits per heavy atom. The fourth-order valence-corrected chi connectivity index (χ4v) is 6.01. The van der Waals surface area contributed by atoms with Gasteiger partial charge in [0.2, 0.25) is 0 Å². The first-order valence-electron chi connectivity index (χ1n) is 14.8. The molecule has 0 heteroatoms. The summed E-state index contributed by atoms with van der Waals surface area (Å²) in [6, 6.07) is 0. The van der Waals surface area contributed by atoms with Crippen molar-refractivity contribution in [2.24, 2.45) is 35.5 Å². The molecular weight excluding hydrogens is 408 g/mol. The van der Waals surface area contributed by atoms with Crippen molar-refractivity contribution in [3.05, 3.63) is 36.0 Å². The van der Waals surface area contributed by atoms with Gasteiger partial charge in [-0.25, -0.2) is 0 Å². The summed E-state index contributed by atoms with van der Waals surface area (Å²) >= 11 is 0. The van der Waals surface area contributed by atoms with Gasteiger partial charge in [-0.1, -0.05) is 105 Å². The summed E-state index contributed by atoms with van der Waals surface area (Å²) in [5, 5.41) is 0.